The predicted octanol–water partition coefficient (Wildman–Crippen LogP) is 5.69. The van der Waals surface area contributed by atoms with Gasteiger partial charge in [0.05, 0.1) is 22.5 Å². The van der Waals surface area contributed by atoms with Crippen LogP contribution >= 0.6 is 11.6 Å². The number of allylic oxidation sites excluding steroid dienone is 1. The zero-order chi connectivity index (χ0) is 23.2. The Morgan fingerprint density at radius 2 is 1.97 bits per heavy atom. The molecule has 34 heavy (non-hydrogen) atoms. The van der Waals surface area contributed by atoms with Crippen LogP contribution in [-0.4, -0.2) is 35.6 Å². The highest BCUT2D eigenvalue weighted by Crippen LogP contribution is 2.39. The monoisotopic (exact) mass is 479 g/mol. The van der Waals surface area contributed by atoms with E-state index in [4.69, 9.17) is 11.6 Å². The van der Waals surface area contributed by atoms with Gasteiger partial charge in [0.15, 0.2) is 0 Å². The van der Waals surface area contributed by atoms with E-state index < -0.39 is 5.82 Å². The zero-order valence-corrected chi connectivity index (χ0v) is 20.3. The molecule has 7 heteroatoms. The van der Waals surface area contributed by atoms with Crippen LogP contribution in [0.15, 0.2) is 48.2 Å². The summed E-state index contributed by atoms with van der Waals surface area (Å²) in [6.45, 7) is 5.15. The smallest absolute Gasteiger partial charge is 0.141 e. The largest absolute Gasteiger partial charge is 0.378 e. The summed E-state index contributed by atoms with van der Waals surface area (Å²) in [6.07, 6.45) is 8.51. The minimum atomic E-state index is -0.396. The van der Waals surface area contributed by atoms with Crippen molar-refractivity contribution in [3.8, 4) is 0 Å². The molecule has 2 aromatic rings. The first-order valence-corrected chi connectivity index (χ1v) is 12.7. The summed E-state index contributed by atoms with van der Waals surface area (Å²) in [5.74, 6) is -0.396. The molecule has 1 aliphatic carbocycles. The van der Waals surface area contributed by atoms with Crippen LogP contribution in [0.4, 0.5) is 10.1 Å². The van der Waals surface area contributed by atoms with Gasteiger partial charge in [0.2, 0.25) is 0 Å². The quantitative estimate of drug-likeness (QED) is 0.525. The molecule has 3 heterocycles. The molecule has 5 nitrogen and oxygen atoms in total. The average Bonchev–Trinajstić information content (AvgIpc) is 3.10. The van der Waals surface area contributed by atoms with Crippen molar-refractivity contribution in [2.45, 2.75) is 51.1 Å². The number of rotatable bonds is 4. The Morgan fingerprint density at radius 3 is 2.71 bits per heavy atom. The minimum Gasteiger partial charge on any atom is -0.378 e. The van der Waals surface area contributed by atoms with Gasteiger partial charge < -0.3 is 10.7 Å². The number of anilines is 1. The minimum absolute atomic E-state index is 0.0832. The Balaban J connectivity index is 1.35. The number of hydrazine groups is 2. The molecule has 1 fully saturated rings. The SMILES string of the molecule is CC1=C2c3ccc(C4=CCN(C5CCC5)CC4)cc3C(Nc3ccc(F)c(Cl)c3)CCN2NN1. The molecule has 0 radical (unpaired) electrons. The van der Waals surface area contributed by atoms with E-state index in [0.717, 1.165) is 49.9 Å². The van der Waals surface area contributed by atoms with Gasteiger partial charge in [-0.2, -0.15) is 0 Å². The van der Waals surface area contributed by atoms with Crippen LogP contribution in [0.2, 0.25) is 5.02 Å². The molecule has 178 valence electrons. The van der Waals surface area contributed by atoms with Crippen LogP contribution in [0, 0.1) is 5.82 Å². The Hall–Kier alpha value is -2.54. The van der Waals surface area contributed by atoms with Crippen molar-refractivity contribution in [1.82, 2.24) is 20.9 Å². The lowest BCUT2D eigenvalue weighted by atomic mass is 9.88. The van der Waals surface area contributed by atoms with Gasteiger partial charge in [-0.15, -0.1) is 5.53 Å². The van der Waals surface area contributed by atoms with E-state index in [9.17, 15) is 4.39 Å². The molecule has 0 aromatic heterocycles. The molecule has 0 spiro atoms. The fraction of sp³-hybridized carbons (Fsp3) is 0.407. The van der Waals surface area contributed by atoms with Crippen LogP contribution in [-0.2, 0) is 0 Å². The number of nitrogens with one attached hydrogen (secondary N) is 3. The molecule has 4 aliphatic rings. The normalized spacial score (nSPS) is 23.0. The van der Waals surface area contributed by atoms with Gasteiger partial charge in [-0.1, -0.05) is 36.2 Å². The van der Waals surface area contributed by atoms with Crippen LogP contribution in [0.1, 0.15) is 61.8 Å². The number of benzene rings is 2. The maximum Gasteiger partial charge on any atom is 0.141 e. The lowest BCUT2D eigenvalue weighted by Crippen LogP contribution is -2.42. The lowest BCUT2D eigenvalue weighted by Gasteiger charge is -2.39. The second-order valence-corrected chi connectivity index (χ2v) is 10.2. The molecule has 0 amide bonds. The van der Waals surface area contributed by atoms with Crippen molar-refractivity contribution in [2.75, 3.05) is 25.0 Å². The molecule has 0 saturated heterocycles. The predicted molar refractivity (Wildman–Crippen MR) is 136 cm³/mol. The number of nitrogens with zero attached hydrogens (tertiary/aromatic N) is 2. The Labute approximate surface area is 205 Å². The number of halogens is 2. The van der Waals surface area contributed by atoms with E-state index in [1.807, 2.05) is 0 Å². The highest BCUT2D eigenvalue weighted by atomic mass is 35.5. The first-order valence-electron chi connectivity index (χ1n) is 12.4. The van der Waals surface area contributed by atoms with Crippen molar-refractivity contribution < 1.29 is 4.39 Å². The van der Waals surface area contributed by atoms with Crippen molar-refractivity contribution in [1.29, 1.82) is 0 Å². The van der Waals surface area contributed by atoms with Crippen LogP contribution in [0.5, 0.6) is 0 Å². The van der Waals surface area contributed by atoms with Gasteiger partial charge >= 0.3 is 0 Å². The Kier molecular flexibility index (Phi) is 5.76. The fourth-order valence-electron chi connectivity index (χ4n) is 5.63. The molecule has 1 unspecified atom stereocenters. The summed E-state index contributed by atoms with van der Waals surface area (Å²) < 4.78 is 13.7. The standard InChI is InChI=1S/C27H31ClFN5/c1-17-27-22-7-5-19(18-9-12-33(13-10-18)21-3-2-4-21)15-23(22)26(11-14-34(27)32-31-17)30-20-6-8-25(29)24(28)16-20/h5-9,15-16,21,26,30-32H,2-4,10-14H2,1H3. The summed E-state index contributed by atoms with van der Waals surface area (Å²) in [6, 6.07) is 12.7. The molecule has 2 aromatic carbocycles. The van der Waals surface area contributed by atoms with E-state index in [-0.39, 0.29) is 11.1 Å². The maximum absolute atomic E-state index is 13.7. The fourth-order valence-corrected chi connectivity index (χ4v) is 5.81. The Morgan fingerprint density at radius 1 is 1.09 bits per heavy atom. The maximum atomic E-state index is 13.7. The summed E-state index contributed by atoms with van der Waals surface area (Å²) in [5.41, 5.74) is 14.9. The number of hydrogen-bond acceptors (Lipinski definition) is 5. The van der Waals surface area contributed by atoms with Gasteiger partial charge in [0.1, 0.15) is 5.82 Å². The third kappa shape index (κ3) is 3.98. The molecular formula is C27H31ClFN5. The number of fused-ring (bicyclic) bond motifs is 3. The summed E-state index contributed by atoms with van der Waals surface area (Å²) >= 11 is 6.08. The van der Waals surface area contributed by atoms with E-state index in [2.05, 4.69) is 57.4 Å². The van der Waals surface area contributed by atoms with Crippen molar-refractivity contribution in [3.63, 3.8) is 0 Å². The van der Waals surface area contributed by atoms with Gasteiger partial charge in [-0.25, -0.2) is 4.39 Å². The zero-order valence-electron chi connectivity index (χ0n) is 19.5. The second kappa shape index (κ2) is 8.91. The van der Waals surface area contributed by atoms with E-state index in [1.54, 1.807) is 12.1 Å². The van der Waals surface area contributed by atoms with Crippen LogP contribution in [0.3, 0.4) is 0 Å². The summed E-state index contributed by atoms with van der Waals surface area (Å²) in [4.78, 5) is 2.64. The van der Waals surface area contributed by atoms with Crippen LogP contribution in [0.25, 0.3) is 11.3 Å². The molecule has 3 aliphatic heterocycles. The molecule has 1 saturated carbocycles. The first kappa shape index (κ1) is 22.0. The highest BCUT2D eigenvalue weighted by Gasteiger charge is 2.31. The molecule has 0 bridgehead atoms. The molecular weight excluding hydrogens is 449 g/mol. The third-order valence-electron chi connectivity index (χ3n) is 7.79. The number of hydrogen-bond donors (Lipinski definition) is 3. The Bertz CT molecular complexity index is 1170. The van der Waals surface area contributed by atoms with Gasteiger partial charge in [0, 0.05) is 36.9 Å². The average molecular weight is 480 g/mol. The molecule has 1 atom stereocenters. The molecule has 3 N–H and O–H groups in total. The van der Waals surface area contributed by atoms with Crippen molar-refractivity contribution >= 4 is 28.6 Å². The third-order valence-corrected chi connectivity index (χ3v) is 8.08. The lowest BCUT2D eigenvalue weighted by molar-refractivity contribution is 0.141. The molecule has 6 rings (SSSR count). The van der Waals surface area contributed by atoms with Crippen molar-refractivity contribution in [3.05, 3.63) is 75.7 Å². The second-order valence-electron chi connectivity index (χ2n) is 9.84. The van der Waals surface area contributed by atoms with Gasteiger partial charge in [-0.3, -0.25) is 9.91 Å². The van der Waals surface area contributed by atoms with E-state index in [1.165, 1.54) is 53.3 Å². The summed E-state index contributed by atoms with van der Waals surface area (Å²) in [5, 5.41) is 5.96. The van der Waals surface area contributed by atoms with Crippen molar-refractivity contribution in [2.24, 2.45) is 0 Å². The first-order chi connectivity index (χ1) is 16.6. The summed E-state index contributed by atoms with van der Waals surface area (Å²) in [7, 11) is 0. The van der Waals surface area contributed by atoms with E-state index in [0.29, 0.717) is 0 Å². The van der Waals surface area contributed by atoms with Gasteiger partial charge in [-0.05, 0) is 73.6 Å². The highest BCUT2D eigenvalue weighted by molar-refractivity contribution is 6.31. The van der Waals surface area contributed by atoms with Gasteiger partial charge in [0.25, 0.3) is 0 Å². The topological polar surface area (TPSA) is 42.6 Å². The van der Waals surface area contributed by atoms with E-state index >= 15 is 0 Å². The van der Waals surface area contributed by atoms with Crippen LogP contribution < -0.4 is 16.3 Å².